The van der Waals surface area contributed by atoms with Crippen LogP contribution in [0.2, 0.25) is 5.02 Å². The highest BCUT2D eigenvalue weighted by molar-refractivity contribution is 6.31. The summed E-state index contributed by atoms with van der Waals surface area (Å²) in [5, 5.41) is 22.7. The van der Waals surface area contributed by atoms with E-state index in [1.165, 1.54) is 0 Å². The van der Waals surface area contributed by atoms with Crippen LogP contribution >= 0.6 is 11.6 Å². The molecule has 3 rings (SSSR count). The number of urea groups is 1. The Balaban J connectivity index is 1.73. The topological polar surface area (TPSA) is 81.2 Å². The lowest BCUT2D eigenvalue weighted by molar-refractivity contribution is -0.0143. The highest BCUT2D eigenvalue weighted by atomic mass is 35.5. The highest BCUT2D eigenvalue weighted by Crippen LogP contribution is 2.46. The van der Waals surface area contributed by atoms with Gasteiger partial charge in [0, 0.05) is 35.6 Å². The molecule has 0 saturated carbocycles. The molecule has 6 nitrogen and oxygen atoms in total. The minimum absolute atomic E-state index is 0.0164. The zero-order chi connectivity index (χ0) is 19.6. The van der Waals surface area contributed by atoms with Crippen LogP contribution in [0.15, 0.2) is 18.3 Å². The molecule has 0 spiro atoms. The number of carbonyl (C=O) groups is 1. The Morgan fingerprint density at radius 1 is 1.44 bits per heavy atom. The molecule has 1 aliphatic heterocycles. The Bertz CT molecular complexity index is 796. The lowest BCUT2D eigenvalue weighted by atomic mass is 9.68. The number of H-pyrrole nitrogens is 1. The minimum atomic E-state index is -0.676. The van der Waals surface area contributed by atoms with Crippen molar-refractivity contribution in [2.24, 2.45) is 11.3 Å². The summed E-state index contributed by atoms with van der Waals surface area (Å²) >= 11 is 6.25. The number of aromatic amines is 1. The Morgan fingerprint density at radius 2 is 2.15 bits per heavy atom. The molecule has 27 heavy (non-hydrogen) atoms. The first kappa shape index (κ1) is 20.0. The first-order valence-electron chi connectivity index (χ1n) is 9.68. The fraction of sp³-hybridized carbons (Fsp3) is 0.600. The third-order valence-electron chi connectivity index (χ3n) is 5.90. The Labute approximate surface area is 165 Å². The summed E-state index contributed by atoms with van der Waals surface area (Å²) in [6, 6.07) is 3.68. The normalized spacial score (nSPS) is 17.3. The maximum absolute atomic E-state index is 12.2. The summed E-state index contributed by atoms with van der Waals surface area (Å²) in [6.07, 6.45) is 3.72. The first-order chi connectivity index (χ1) is 12.8. The number of likely N-dealkylation sites (tertiary alicyclic amines) is 1. The molecule has 0 bridgehead atoms. The molecule has 2 heterocycles. The van der Waals surface area contributed by atoms with Crippen molar-refractivity contribution in [3.8, 4) is 0 Å². The van der Waals surface area contributed by atoms with E-state index < -0.39 is 6.10 Å². The van der Waals surface area contributed by atoms with E-state index in [2.05, 4.69) is 29.4 Å². The van der Waals surface area contributed by atoms with Crippen molar-refractivity contribution in [1.29, 1.82) is 0 Å². The van der Waals surface area contributed by atoms with Crippen LogP contribution in [0.25, 0.3) is 10.9 Å². The smallest absolute Gasteiger partial charge is 0.317 e. The number of hydrogen-bond acceptors (Lipinski definition) is 3. The quantitative estimate of drug-likeness (QED) is 0.716. The third kappa shape index (κ3) is 4.06. The third-order valence-corrected chi connectivity index (χ3v) is 6.12. The fourth-order valence-corrected chi connectivity index (χ4v) is 4.29. The van der Waals surface area contributed by atoms with Crippen LogP contribution in [0.5, 0.6) is 0 Å². The molecule has 1 aliphatic rings. The number of aromatic nitrogens is 2. The van der Waals surface area contributed by atoms with Gasteiger partial charge in [0.15, 0.2) is 0 Å². The zero-order valence-corrected chi connectivity index (χ0v) is 17.0. The number of hydrogen-bond donors (Lipinski definition) is 3. The summed E-state index contributed by atoms with van der Waals surface area (Å²) in [7, 11) is 0. The van der Waals surface area contributed by atoms with Crippen molar-refractivity contribution < 1.29 is 9.90 Å². The van der Waals surface area contributed by atoms with Gasteiger partial charge in [-0.2, -0.15) is 5.10 Å². The van der Waals surface area contributed by atoms with Gasteiger partial charge in [-0.1, -0.05) is 32.4 Å². The molecule has 0 unspecified atom stereocenters. The maximum Gasteiger partial charge on any atom is 0.317 e. The number of benzene rings is 1. The number of aliphatic hydroxyl groups is 1. The first-order valence-corrected chi connectivity index (χ1v) is 10.1. The highest BCUT2D eigenvalue weighted by Gasteiger charge is 2.40. The molecule has 2 amide bonds. The molecule has 2 aromatic rings. The summed E-state index contributed by atoms with van der Waals surface area (Å²) < 4.78 is 0. The SMILES string of the molecule is CCCNC(=O)N1CCC(C(C)(C)[C@H](O)c2cc(Cl)cc3cn[nH]c23)CC1. The average molecular weight is 393 g/mol. The van der Waals surface area contributed by atoms with Crippen LogP contribution in [0.4, 0.5) is 4.79 Å². The Hall–Kier alpha value is -1.79. The van der Waals surface area contributed by atoms with E-state index in [-0.39, 0.29) is 11.4 Å². The monoisotopic (exact) mass is 392 g/mol. The molecular formula is C20H29ClN4O2. The zero-order valence-electron chi connectivity index (χ0n) is 16.3. The van der Waals surface area contributed by atoms with Crippen LogP contribution in [0.1, 0.15) is 51.7 Å². The molecule has 1 fully saturated rings. The fourth-order valence-electron chi connectivity index (χ4n) is 4.06. The van der Waals surface area contributed by atoms with E-state index in [0.29, 0.717) is 30.6 Å². The molecule has 1 aromatic carbocycles. The predicted octanol–water partition coefficient (Wildman–Crippen LogP) is 4.11. The summed E-state index contributed by atoms with van der Waals surface area (Å²) in [6.45, 7) is 8.37. The standard InChI is InChI=1S/C20H29ClN4O2/c1-4-7-22-19(27)25-8-5-14(6-9-25)20(2,3)18(26)16-11-15(21)10-13-12-23-24-17(13)16/h10-12,14,18,26H,4-9H2,1-3H3,(H,22,27)(H,23,24)/t18-/m1/s1. The van der Waals surface area contributed by atoms with Crippen molar-refractivity contribution in [2.75, 3.05) is 19.6 Å². The second-order valence-electron chi connectivity index (χ2n) is 8.05. The van der Waals surface area contributed by atoms with Crippen molar-refractivity contribution in [3.05, 3.63) is 28.9 Å². The molecule has 148 valence electrons. The molecule has 1 aromatic heterocycles. The predicted molar refractivity (Wildman–Crippen MR) is 108 cm³/mol. The van der Waals surface area contributed by atoms with Gasteiger partial charge in [-0.15, -0.1) is 0 Å². The molecule has 0 radical (unpaired) electrons. The van der Waals surface area contributed by atoms with E-state index in [0.717, 1.165) is 35.7 Å². The number of aliphatic hydroxyl groups excluding tert-OH is 1. The number of fused-ring (bicyclic) bond motifs is 1. The largest absolute Gasteiger partial charge is 0.388 e. The Morgan fingerprint density at radius 3 is 2.81 bits per heavy atom. The molecule has 0 aliphatic carbocycles. The average Bonchev–Trinajstić information content (AvgIpc) is 3.13. The number of halogens is 1. The van der Waals surface area contributed by atoms with Crippen molar-refractivity contribution in [2.45, 2.75) is 46.1 Å². The lowest BCUT2D eigenvalue weighted by Gasteiger charge is -2.43. The van der Waals surface area contributed by atoms with E-state index in [1.54, 1.807) is 6.20 Å². The summed E-state index contributed by atoms with van der Waals surface area (Å²) in [5.41, 5.74) is 1.26. The van der Waals surface area contributed by atoms with Gasteiger partial charge in [0.1, 0.15) is 0 Å². The molecular weight excluding hydrogens is 364 g/mol. The van der Waals surface area contributed by atoms with Crippen LogP contribution in [-0.2, 0) is 0 Å². The van der Waals surface area contributed by atoms with Gasteiger partial charge >= 0.3 is 6.03 Å². The van der Waals surface area contributed by atoms with E-state index >= 15 is 0 Å². The maximum atomic E-state index is 12.2. The van der Waals surface area contributed by atoms with Crippen molar-refractivity contribution >= 4 is 28.5 Å². The van der Waals surface area contributed by atoms with Gasteiger partial charge in [0.25, 0.3) is 0 Å². The number of nitrogens with zero attached hydrogens (tertiary/aromatic N) is 2. The minimum Gasteiger partial charge on any atom is -0.388 e. The van der Waals surface area contributed by atoms with Gasteiger partial charge < -0.3 is 15.3 Å². The van der Waals surface area contributed by atoms with Gasteiger partial charge in [-0.3, -0.25) is 5.10 Å². The van der Waals surface area contributed by atoms with Gasteiger partial charge in [-0.25, -0.2) is 4.79 Å². The number of carbonyl (C=O) groups excluding carboxylic acids is 1. The van der Waals surface area contributed by atoms with Crippen LogP contribution in [-0.4, -0.2) is 45.9 Å². The van der Waals surface area contributed by atoms with E-state index in [1.807, 2.05) is 24.0 Å². The molecule has 7 heteroatoms. The summed E-state index contributed by atoms with van der Waals surface area (Å²) in [4.78, 5) is 14.0. The second kappa shape index (κ2) is 8.07. The lowest BCUT2D eigenvalue weighted by Crippen LogP contribution is -2.47. The number of nitrogens with one attached hydrogen (secondary N) is 2. The second-order valence-corrected chi connectivity index (χ2v) is 8.48. The van der Waals surface area contributed by atoms with Crippen LogP contribution in [0.3, 0.4) is 0 Å². The summed E-state index contributed by atoms with van der Waals surface area (Å²) in [5.74, 6) is 0.305. The number of piperidine rings is 1. The number of rotatable bonds is 5. The van der Waals surface area contributed by atoms with Gasteiger partial charge in [0.2, 0.25) is 0 Å². The van der Waals surface area contributed by atoms with Crippen LogP contribution in [0, 0.1) is 11.3 Å². The van der Waals surface area contributed by atoms with Crippen LogP contribution < -0.4 is 5.32 Å². The molecule has 1 atom stereocenters. The van der Waals surface area contributed by atoms with Crippen molar-refractivity contribution in [3.63, 3.8) is 0 Å². The Kier molecular flexibility index (Phi) is 5.96. The molecule has 3 N–H and O–H groups in total. The van der Waals surface area contributed by atoms with E-state index in [4.69, 9.17) is 11.6 Å². The van der Waals surface area contributed by atoms with E-state index in [9.17, 15) is 9.90 Å². The van der Waals surface area contributed by atoms with Gasteiger partial charge in [-0.05, 0) is 42.7 Å². The molecule has 1 saturated heterocycles. The number of amides is 2. The van der Waals surface area contributed by atoms with Gasteiger partial charge in [0.05, 0.1) is 17.8 Å². The van der Waals surface area contributed by atoms with Crippen molar-refractivity contribution in [1.82, 2.24) is 20.4 Å².